The molecule has 2 aromatic carbocycles. The summed E-state index contributed by atoms with van der Waals surface area (Å²) in [6.07, 6.45) is 7.25. The number of aromatic nitrogens is 6. The van der Waals surface area contributed by atoms with E-state index in [2.05, 4.69) is 31.0 Å². The molecule has 12 heteroatoms. The van der Waals surface area contributed by atoms with Crippen molar-refractivity contribution >= 4 is 17.0 Å². The highest BCUT2D eigenvalue weighted by Crippen LogP contribution is 2.26. The maximum atomic E-state index is 13.9. The number of nitrogens with zero attached hydrogens (tertiary/aromatic N) is 7. The van der Waals surface area contributed by atoms with Crippen LogP contribution in [0.25, 0.3) is 11.0 Å². The van der Waals surface area contributed by atoms with Gasteiger partial charge in [0.1, 0.15) is 24.1 Å². The maximum Gasteiger partial charge on any atom is 0.335 e. The van der Waals surface area contributed by atoms with Gasteiger partial charge in [-0.25, -0.2) is 23.5 Å². The van der Waals surface area contributed by atoms with Crippen LogP contribution >= 0.6 is 0 Å². The van der Waals surface area contributed by atoms with E-state index >= 15 is 0 Å². The molecule has 1 saturated heterocycles. The summed E-state index contributed by atoms with van der Waals surface area (Å²) < 4.78 is 38.8. The quantitative estimate of drug-likeness (QED) is 0.253. The van der Waals surface area contributed by atoms with Crippen molar-refractivity contribution < 1.29 is 23.4 Å². The summed E-state index contributed by atoms with van der Waals surface area (Å²) in [6, 6.07) is 10.4. The molecule has 10 nitrogen and oxygen atoms in total. The first-order chi connectivity index (χ1) is 20.4. The fraction of sp³-hybridized carbons (Fsp3) is 0.333. The summed E-state index contributed by atoms with van der Waals surface area (Å²) in [5, 5.41) is 14.1. The number of aromatic carboxylic acids is 1. The molecule has 0 atom stereocenters. The molecule has 0 radical (unpaired) electrons. The van der Waals surface area contributed by atoms with Gasteiger partial charge in [0.15, 0.2) is 0 Å². The van der Waals surface area contributed by atoms with Crippen molar-refractivity contribution in [2.45, 2.75) is 52.0 Å². The Kier molecular flexibility index (Phi) is 7.70. The van der Waals surface area contributed by atoms with Crippen molar-refractivity contribution in [2.24, 2.45) is 0 Å². The molecule has 0 bridgehead atoms. The second kappa shape index (κ2) is 11.7. The molecule has 1 aliphatic heterocycles. The molecule has 5 aromatic rings. The van der Waals surface area contributed by atoms with Crippen LogP contribution in [-0.2, 0) is 26.2 Å². The van der Waals surface area contributed by atoms with E-state index in [1.54, 1.807) is 30.6 Å². The maximum absolute atomic E-state index is 13.9. The molecule has 1 aliphatic rings. The normalized spacial score (nSPS) is 14.5. The number of ether oxygens (including phenoxy) is 1. The second-order valence-electron chi connectivity index (χ2n) is 10.5. The Labute approximate surface area is 240 Å². The van der Waals surface area contributed by atoms with Crippen LogP contribution in [0.1, 0.15) is 53.2 Å². The topological polar surface area (TPSA) is 103 Å². The van der Waals surface area contributed by atoms with Gasteiger partial charge in [-0.1, -0.05) is 0 Å². The highest BCUT2D eigenvalue weighted by Gasteiger charge is 2.24. The Morgan fingerprint density at radius 3 is 2.69 bits per heavy atom. The number of benzene rings is 2. The van der Waals surface area contributed by atoms with Gasteiger partial charge in [-0.15, -0.1) is 5.10 Å². The number of carboxylic acids is 1. The first kappa shape index (κ1) is 27.6. The highest BCUT2D eigenvalue weighted by atomic mass is 19.1. The molecule has 0 aliphatic carbocycles. The predicted octanol–water partition coefficient (Wildman–Crippen LogP) is 4.89. The SMILES string of the molecule is CCn1cncc1Cn1c(CN2CCC(n3ccc(OCc4ccc(F)cc4F)n3)CC2)nc2ccc(C(=O)O)cc21. The average Bonchev–Trinajstić information content (AvgIpc) is 3.72. The van der Waals surface area contributed by atoms with Gasteiger partial charge in [-0.05, 0) is 50.1 Å². The monoisotopic (exact) mass is 575 g/mol. The molecule has 1 fully saturated rings. The third kappa shape index (κ3) is 5.75. The number of piperidine rings is 1. The fourth-order valence-corrected chi connectivity index (χ4v) is 5.46. The summed E-state index contributed by atoms with van der Waals surface area (Å²) in [5.74, 6) is -0.977. The number of aryl methyl sites for hydroxylation is 1. The van der Waals surface area contributed by atoms with Crippen LogP contribution in [0.15, 0.2) is 61.2 Å². The van der Waals surface area contributed by atoms with Gasteiger partial charge in [0.2, 0.25) is 5.88 Å². The fourth-order valence-electron chi connectivity index (χ4n) is 5.46. The number of rotatable bonds is 10. The third-order valence-corrected chi connectivity index (χ3v) is 7.80. The predicted molar refractivity (Wildman–Crippen MR) is 150 cm³/mol. The Bertz CT molecular complexity index is 1720. The van der Waals surface area contributed by atoms with Gasteiger partial charge in [0.05, 0.1) is 47.7 Å². The molecule has 218 valence electrons. The van der Waals surface area contributed by atoms with Crippen molar-refractivity contribution in [3.8, 4) is 5.88 Å². The van der Waals surface area contributed by atoms with Crippen molar-refractivity contribution in [3.63, 3.8) is 0 Å². The van der Waals surface area contributed by atoms with Crippen molar-refractivity contribution in [3.05, 3.63) is 95.5 Å². The molecule has 0 saturated carbocycles. The zero-order chi connectivity index (χ0) is 29.2. The van der Waals surface area contributed by atoms with Crippen molar-refractivity contribution in [1.29, 1.82) is 0 Å². The highest BCUT2D eigenvalue weighted by molar-refractivity contribution is 5.92. The van der Waals surface area contributed by atoms with Crippen molar-refractivity contribution in [2.75, 3.05) is 13.1 Å². The number of imidazole rings is 2. The molecule has 0 spiro atoms. The summed E-state index contributed by atoms with van der Waals surface area (Å²) in [7, 11) is 0. The number of halogens is 2. The Morgan fingerprint density at radius 1 is 1.10 bits per heavy atom. The average molecular weight is 576 g/mol. The van der Waals surface area contributed by atoms with Crippen LogP contribution < -0.4 is 4.74 Å². The van der Waals surface area contributed by atoms with Crippen LogP contribution in [0.5, 0.6) is 5.88 Å². The lowest BCUT2D eigenvalue weighted by atomic mass is 10.1. The van der Waals surface area contributed by atoms with Crippen LogP contribution in [-0.4, -0.2) is 57.9 Å². The Balaban J connectivity index is 1.13. The van der Waals surface area contributed by atoms with Crippen LogP contribution in [0.3, 0.4) is 0 Å². The second-order valence-corrected chi connectivity index (χ2v) is 10.5. The summed E-state index contributed by atoms with van der Waals surface area (Å²) in [4.78, 5) is 23.2. The molecule has 1 N–H and O–H groups in total. The molecule has 0 amide bonds. The first-order valence-electron chi connectivity index (χ1n) is 13.9. The summed E-state index contributed by atoms with van der Waals surface area (Å²) in [5.41, 5.74) is 3.07. The third-order valence-electron chi connectivity index (χ3n) is 7.80. The summed E-state index contributed by atoms with van der Waals surface area (Å²) >= 11 is 0. The van der Waals surface area contributed by atoms with Crippen LogP contribution in [0, 0.1) is 11.6 Å². The minimum absolute atomic E-state index is 0.0322. The number of carbonyl (C=O) groups is 1. The molecule has 4 heterocycles. The lowest BCUT2D eigenvalue weighted by molar-refractivity contribution is 0.0697. The number of hydrogen-bond donors (Lipinski definition) is 1. The number of likely N-dealkylation sites (tertiary alicyclic amines) is 1. The minimum Gasteiger partial charge on any atom is -0.478 e. The van der Waals surface area contributed by atoms with Gasteiger partial charge < -0.3 is 19.0 Å². The van der Waals surface area contributed by atoms with Gasteiger partial charge >= 0.3 is 5.97 Å². The van der Waals surface area contributed by atoms with E-state index in [1.165, 1.54) is 12.1 Å². The zero-order valence-corrected chi connectivity index (χ0v) is 23.2. The van der Waals surface area contributed by atoms with E-state index in [0.29, 0.717) is 19.0 Å². The van der Waals surface area contributed by atoms with E-state index in [0.717, 1.165) is 61.1 Å². The standard InChI is InChI=1S/C30H31F2N7O3/c1-2-37-19-33-15-24(37)16-38-27-13-20(30(40)41)4-6-26(27)34-28(38)17-36-10-7-23(8-11-36)39-12-9-29(35-39)42-18-21-3-5-22(31)14-25(21)32/h3-6,9,12-15,19,23H,2,7-8,10-11,16-18H2,1H3,(H,40,41). The molecular weight excluding hydrogens is 544 g/mol. The molecule has 3 aromatic heterocycles. The lowest BCUT2D eigenvalue weighted by Gasteiger charge is -2.31. The Morgan fingerprint density at radius 2 is 1.93 bits per heavy atom. The van der Waals surface area contributed by atoms with E-state index in [-0.39, 0.29) is 23.8 Å². The van der Waals surface area contributed by atoms with Crippen LogP contribution in [0.4, 0.5) is 8.78 Å². The van der Waals surface area contributed by atoms with Gasteiger partial charge in [0.25, 0.3) is 0 Å². The number of hydrogen-bond acceptors (Lipinski definition) is 6. The van der Waals surface area contributed by atoms with Crippen molar-refractivity contribution in [1.82, 2.24) is 33.8 Å². The smallest absolute Gasteiger partial charge is 0.335 e. The van der Waals surface area contributed by atoms with E-state index in [1.807, 2.05) is 17.1 Å². The Hall–Kier alpha value is -4.58. The van der Waals surface area contributed by atoms with Gasteiger partial charge in [0, 0.05) is 49.7 Å². The summed E-state index contributed by atoms with van der Waals surface area (Å²) in [6.45, 7) is 5.64. The molecule has 42 heavy (non-hydrogen) atoms. The molecule has 6 rings (SSSR count). The van der Waals surface area contributed by atoms with Gasteiger partial charge in [-0.3, -0.25) is 9.58 Å². The zero-order valence-electron chi connectivity index (χ0n) is 23.2. The lowest BCUT2D eigenvalue weighted by Crippen LogP contribution is -2.35. The first-order valence-corrected chi connectivity index (χ1v) is 13.9. The van der Waals surface area contributed by atoms with E-state index in [4.69, 9.17) is 9.72 Å². The van der Waals surface area contributed by atoms with Gasteiger partial charge in [-0.2, -0.15) is 0 Å². The number of fused-ring (bicyclic) bond motifs is 1. The van der Waals surface area contributed by atoms with E-state index in [9.17, 15) is 18.7 Å². The molecule has 0 unspecified atom stereocenters. The minimum atomic E-state index is -0.971. The largest absolute Gasteiger partial charge is 0.478 e. The van der Waals surface area contributed by atoms with E-state index < -0.39 is 17.6 Å². The van der Waals surface area contributed by atoms with Crippen LogP contribution in [0.2, 0.25) is 0 Å². The molecular formula is C30H31F2N7O3. The number of carboxylic acid groups (broad SMARTS) is 1.